The standard InChI is InChI=1S/C20H22N2O4/c1-26-20(25)10-9-18(23)21-16-11-19(24)22(13-16)12-15-7-4-6-14-5-2-3-8-17(14)15/h2-8,16H,9-13H2,1H3,(H,21,23)/t16-/m0/s1. The van der Waals surface area contributed by atoms with Crippen molar-refractivity contribution in [2.75, 3.05) is 13.7 Å². The number of amides is 2. The maximum Gasteiger partial charge on any atom is 0.306 e. The van der Waals surface area contributed by atoms with Crippen molar-refractivity contribution >= 4 is 28.6 Å². The highest BCUT2D eigenvalue weighted by Crippen LogP contribution is 2.22. The summed E-state index contributed by atoms with van der Waals surface area (Å²) in [5.41, 5.74) is 1.09. The van der Waals surface area contributed by atoms with Gasteiger partial charge in [-0.1, -0.05) is 42.5 Å². The third-order valence-corrected chi connectivity index (χ3v) is 4.60. The molecule has 2 aromatic carbocycles. The fourth-order valence-electron chi connectivity index (χ4n) is 3.28. The van der Waals surface area contributed by atoms with Gasteiger partial charge in [0.1, 0.15) is 0 Å². The van der Waals surface area contributed by atoms with Crippen molar-refractivity contribution in [1.82, 2.24) is 10.2 Å². The van der Waals surface area contributed by atoms with Crippen molar-refractivity contribution in [1.29, 1.82) is 0 Å². The molecule has 26 heavy (non-hydrogen) atoms. The molecule has 3 rings (SSSR count). The van der Waals surface area contributed by atoms with Crippen molar-refractivity contribution in [3.05, 3.63) is 48.0 Å². The van der Waals surface area contributed by atoms with Gasteiger partial charge in [0.2, 0.25) is 11.8 Å². The lowest BCUT2D eigenvalue weighted by molar-refractivity contribution is -0.142. The van der Waals surface area contributed by atoms with Gasteiger partial charge >= 0.3 is 5.97 Å². The second kappa shape index (κ2) is 7.99. The molecule has 0 aromatic heterocycles. The second-order valence-electron chi connectivity index (χ2n) is 6.46. The van der Waals surface area contributed by atoms with E-state index in [1.807, 2.05) is 24.3 Å². The van der Waals surface area contributed by atoms with E-state index in [0.29, 0.717) is 13.1 Å². The Labute approximate surface area is 152 Å². The minimum atomic E-state index is -0.416. The minimum absolute atomic E-state index is 0.0243. The van der Waals surface area contributed by atoms with Gasteiger partial charge in [-0.3, -0.25) is 14.4 Å². The number of esters is 1. The Balaban J connectivity index is 1.59. The van der Waals surface area contributed by atoms with E-state index in [1.54, 1.807) is 4.90 Å². The van der Waals surface area contributed by atoms with Crippen LogP contribution in [0.15, 0.2) is 42.5 Å². The maximum absolute atomic E-state index is 12.3. The summed E-state index contributed by atoms with van der Waals surface area (Å²) in [6.07, 6.45) is 0.401. The molecule has 1 aliphatic heterocycles. The molecule has 1 N–H and O–H groups in total. The number of nitrogens with one attached hydrogen (secondary N) is 1. The molecule has 136 valence electrons. The molecular formula is C20H22N2O4. The first-order valence-corrected chi connectivity index (χ1v) is 8.67. The Morgan fingerprint density at radius 2 is 1.92 bits per heavy atom. The van der Waals surface area contributed by atoms with Crippen LogP contribution in [0.2, 0.25) is 0 Å². The van der Waals surface area contributed by atoms with E-state index in [9.17, 15) is 14.4 Å². The van der Waals surface area contributed by atoms with Crippen LogP contribution >= 0.6 is 0 Å². The van der Waals surface area contributed by atoms with E-state index < -0.39 is 5.97 Å². The average Bonchev–Trinajstić information content (AvgIpc) is 2.99. The summed E-state index contributed by atoms with van der Waals surface area (Å²) < 4.78 is 4.52. The van der Waals surface area contributed by atoms with E-state index in [0.717, 1.165) is 16.3 Å². The summed E-state index contributed by atoms with van der Waals surface area (Å²) in [5.74, 6) is -0.628. The highest BCUT2D eigenvalue weighted by atomic mass is 16.5. The first-order chi connectivity index (χ1) is 12.6. The number of hydrogen-bond donors (Lipinski definition) is 1. The van der Waals surface area contributed by atoms with Gasteiger partial charge in [-0.25, -0.2) is 0 Å². The molecule has 1 aliphatic rings. The molecule has 6 heteroatoms. The number of ether oxygens (including phenoxy) is 1. The Morgan fingerprint density at radius 1 is 1.15 bits per heavy atom. The first-order valence-electron chi connectivity index (χ1n) is 8.67. The van der Waals surface area contributed by atoms with Crippen molar-refractivity contribution in [2.24, 2.45) is 0 Å². The predicted molar refractivity (Wildman–Crippen MR) is 97.2 cm³/mol. The first kappa shape index (κ1) is 17.9. The van der Waals surface area contributed by atoms with Crippen LogP contribution in [0.1, 0.15) is 24.8 Å². The van der Waals surface area contributed by atoms with Gasteiger partial charge in [0.15, 0.2) is 0 Å². The SMILES string of the molecule is COC(=O)CCC(=O)N[C@H]1CC(=O)N(Cc2cccc3ccccc23)C1. The van der Waals surface area contributed by atoms with Crippen LogP contribution in [0.5, 0.6) is 0 Å². The number of fused-ring (bicyclic) bond motifs is 1. The van der Waals surface area contributed by atoms with Gasteiger partial charge in [0.05, 0.1) is 19.6 Å². The van der Waals surface area contributed by atoms with Crippen molar-refractivity contribution in [3.63, 3.8) is 0 Å². The lowest BCUT2D eigenvalue weighted by Crippen LogP contribution is -2.37. The molecule has 6 nitrogen and oxygen atoms in total. The molecule has 0 spiro atoms. The summed E-state index contributed by atoms with van der Waals surface area (Å²) in [6, 6.07) is 13.9. The predicted octanol–water partition coefficient (Wildman–Crippen LogP) is 2.01. The van der Waals surface area contributed by atoms with Crippen LogP contribution in [0, 0.1) is 0 Å². The third kappa shape index (κ3) is 4.20. The largest absolute Gasteiger partial charge is 0.469 e. The fourth-order valence-corrected chi connectivity index (χ4v) is 3.28. The van der Waals surface area contributed by atoms with Crippen molar-refractivity contribution in [3.8, 4) is 0 Å². The average molecular weight is 354 g/mol. The topological polar surface area (TPSA) is 75.7 Å². The van der Waals surface area contributed by atoms with E-state index in [-0.39, 0.29) is 37.1 Å². The summed E-state index contributed by atoms with van der Waals surface area (Å²) in [6.45, 7) is 1.00. The van der Waals surface area contributed by atoms with Crippen LogP contribution < -0.4 is 5.32 Å². The molecule has 0 unspecified atom stereocenters. The highest BCUT2D eigenvalue weighted by Gasteiger charge is 2.30. The van der Waals surface area contributed by atoms with Gasteiger partial charge in [-0.2, -0.15) is 0 Å². The van der Waals surface area contributed by atoms with Crippen molar-refractivity contribution < 1.29 is 19.1 Å². The van der Waals surface area contributed by atoms with Crippen LogP contribution in [-0.4, -0.2) is 42.4 Å². The molecule has 1 saturated heterocycles. The van der Waals surface area contributed by atoms with Crippen LogP contribution in [0.4, 0.5) is 0 Å². The molecule has 0 aliphatic carbocycles. The van der Waals surface area contributed by atoms with Crippen LogP contribution in [-0.2, 0) is 25.7 Å². The Hall–Kier alpha value is -2.89. The number of carbonyl (C=O) groups is 3. The molecule has 1 atom stereocenters. The number of hydrogen-bond acceptors (Lipinski definition) is 4. The number of carbonyl (C=O) groups excluding carboxylic acids is 3. The van der Waals surface area contributed by atoms with E-state index in [4.69, 9.17) is 0 Å². The summed E-state index contributed by atoms with van der Waals surface area (Å²) in [4.78, 5) is 37.1. The number of benzene rings is 2. The number of rotatable bonds is 6. The van der Waals surface area contributed by atoms with Crippen LogP contribution in [0.25, 0.3) is 10.8 Å². The van der Waals surface area contributed by atoms with E-state index >= 15 is 0 Å². The molecule has 0 radical (unpaired) electrons. The van der Waals surface area contributed by atoms with Crippen molar-refractivity contribution in [2.45, 2.75) is 31.8 Å². The van der Waals surface area contributed by atoms with E-state index in [2.05, 4.69) is 28.3 Å². The van der Waals surface area contributed by atoms with E-state index in [1.165, 1.54) is 7.11 Å². The molecule has 1 heterocycles. The van der Waals surface area contributed by atoms with Gasteiger partial charge in [-0.05, 0) is 16.3 Å². The quantitative estimate of drug-likeness (QED) is 0.805. The van der Waals surface area contributed by atoms with Gasteiger partial charge in [-0.15, -0.1) is 0 Å². The van der Waals surface area contributed by atoms with Gasteiger partial charge in [0, 0.05) is 25.9 Å². The molecule has 0 saturated carbocycles. The summed E-state index contributed by atoms with van der Waals surface area (Å²) in [5, 5.41) is 5.11. The molecule has 2 amide bonds. The smallest absolute Gasteiger partial charge is 0.306 e. The minimum Gasteiger partial charge on any atom is -0.469 e. The number of methoxy groups -OCH3 is 1. The molecule has 2 aromatic rings. The van der Waals surface area contributed by atoms with Gasteiger partial charge < -0.3 is 15.0 Å². The lowest BCUT2D eigenvalue weighted by atomic mass is 10.0. The summed E-state index contributed by atoms with van der Waals surface area (Å²) in [7, 11) is 1.29. The highest BCUT2D eigenvalue weighted by molar-refractivity contribution is 5.87. The maximum atomic E-state index is 12.3. The third-order valence-electron chi connectivity index (χ3n) is 4.60. The molecular weight excluding hydrogens is 332 g/mol. The molecule has 1 fully saturated rings. The normalized spacial score (nSPS) is 16.7. The Bertz CT molecular complexity index is 828. The fraction of sp³-hybridized carbons (Fsp3) is 0.350. The lowest BCUT2D eigenvalue weighted by Gasteiger charge is -2.18. The monoisotopic (exact) mass is 354 g/mol. The summed E-state index contributed by atoms with van der Waals surface area (Å²) >= 11 is 0. The van der Waals surface area contributed by atoms with Crippen LogP contribution in [0.3, 0.4) is 0 Å². The molecule has 0 bridgehead atoms. The second-order valence-corrected chi connectivity index (χ2v) is 6.46. The number of nitrogens with zero attached hydrogens (tertiary/aromatic N) is 1. The Morgan fingerprint density at radius 3 is 2.73 bits per heavy atom. The zero-order valence-electron chi connectivity index (χ0n) is 14.7. The van der Waals surface area contributed by atoms with Gasteiger partial charge in [0.25, 0.3) is 0 Å². The number of likely N-dealkylation sites (tertiary alicyclic amines) is 1. The Kier molecular flexibility index (Phi) is 5.51. The zero-order chi connectivity index (χ0) is 18.5. The zero-order valence-corrected chi connectivity index (χ0v) is 14.7.